The lowest BCUT2D eigenvalue weighted by molar-refractivity contribution is 0.121. The highest BCUT2D eigenvalue weighted by molar-refractivity contribution is 6.31. The first kappa shape index (κ1) is 21.0. The number of rotatable bonds is 9. The number of nitrogens with one attached hydrogen (secondary N) is 2. The van der Waals surface area contributed by atoms with Gasteiger partial charge in [-0.1, -0.05) is 29.8 Å². The Kier molecular flexibility index (Phi) is 9.82. The molecule has 5 nitrogen and oxygen atoms in total. The van der Waals surface area contributed by atoms with Gasteiger partial charge in [-0.2, -0.15) is 0 Å². The van der Waals surface area contributed by atoms with E-state index in [1.54, 1.807) is 7.11 Å². The molecular weight excluding hydrogens is 348 g/mol. The van der Waals surface area contributed by atoms with Crippen LogP contribution in [0.1, 0.15) is 25.3 Å². The van der Waals surface area contributed by atoms with Gasteiger partial charge in [-0.05, 0) is 56.8 Å². The SMILES string of the molecule is CCNC(=NCC1CCN(CCOC)CC1)NCCc1ccccc1Cl. The number of halogens is 1. The van der Waals surface area contributed by atoms with Gasteiger partial charge in [-0.25, -0.2) is 0 Å². The van der Waals surface area contributed by atoms with E-state index in [1.165, 1.54) is 18.4 Å². The van der Waals surface area contributed by atoms with E-state index in [4.69, 9.17) is 21.3 Å². The molecule has 1 aromatic carbocycles. The van der Waals surface area contributed by atoms with Crippen molar-refractivity contribution in [3.05, 3.63) is 34.9 Å². The molecule has 1 aliphatic rings. The van der Waals surface area contributed by atoms with E-state index in [9.17, 15) is 0 Å². The molecule has 0 radical (unpaired) electrons. The van der Waals surface area contributed by atoms with Gasteiger partial charge < -0.3 is 20.3 Å². The van der Waals surface area contributed by atoms with Crippen molar-refractivity contribution >= 4 is 17.6 Å². The fraction of sp³-hybridized carbons (Fsp3) is 0.650. The molecule has 0 unspecified atom stereocenters. The molecule has 0 bridgehead atoms. The van der Waals surface area contributed by atoms with Gasteiger partial charge >= 0.3 is 0 Å². The molecule has 1 aliphatic heterocycles. The summed E-state index contributed by atoms with van der Waals surface area (Å²) in [6.45, 7) is 8.85. The van der Waals surface area contributed by atoms with E-state index in [1.807, 2.05) is 18.2 Å². The summed E-state index contributed by atoms with van der Waals surface area (Å²) < 4.78 is 5.17. The number of guanidine groups is 1. The summed E-state index contributed by atoms with van der Waals surface area (Å²) in [6, 6.07) is 8.01. The van der Waals surface area contributed by atoms with Crippen molar-refractivity contribution in [2.75, 3.05) is 53.0 Å². The van der Waals surface area contributed by atoms with Gasteiger partial charge in [0.25, 0.3) is 0 Å². The lowest BCUT2D eigenvalue weighted by Gasteiger charge is -2.31. The highest BCUT2D eigenvalue weighted by atomic mass is 35.5. The Morgan fingerprint density at radius 1 is 1.27 bits per heavy atom. The van der Waals surface area contributed by atoms with Gasteiger partial charge in [-0.3, -0.25) is 4.99 Å². The normalized spacial score (nSPS) is 16.7. The molecule has 1 fully saturated rings. The summed E-state index contributed by atoms with van der Waals surface area (Å²) in [5.74, 6) is 1.58. The monoisotopic (exact) mass is 380 g/mol. The number of hydrogen-bond acceptors (Lipinski definition) is 3. The van der Waals surface area contributed by atoms with Gasteiger partial charge in [-0.15, -0.1) is 0 Å². The Labute approximate surface area is 163 Å². The molecule has 1 aromatic rings. The lowest BCUT2D eigenvalue weighted by Crippen LogP contribution is -2.40. The van der Waals surface area contributed by atoms with E-state index >= 15 is 0 Å². The van der Waals surface area contributed by atoms with Crippen LogP contribution in [0.2, 0.25) is 5.02 Å². The van der Waals surface area contributed by atoms with Crippen LogP contribution in [-0.2, 0) is 11.2 Å². The van der Waals surface area contributed by atoms with Crippen LogP contribution in [0.3, 0.4) is 0 Å². The van der Waals surface area contributed by atoms with Crippen molar-refractivity contribution in [3.8, 4) is 0 Å². The Hall–Kier alpha value is -1.30. The van der Waals surface area contributed by atoms with Crippen molar-refractivity contribution in [2.24, 2.45) is 10.9 Å². The fourth-order valence-electron chi connectivity index (χ4n) is 3.19. The Bertz CT molecular complexity index is 544. The van der Waals surface area contributed by atoms with Gasteiger partial charge in [0, 0.05) is 38.3 Å². The van der Waals surface area contributed by atoms with Crippen LogP contribution < -0.4 is 10.6 Å². The maximum atomic E-state index is 6.22. The van der Waals surface area contributed by atoms with Crippen molar-refractivity contribution in [1.29, 1.82) is 0 Å². The van der Waals surface area contributed by atoms with E-state index in [2.05, 4.69) is 28.5 Å². The molecular formula is C20H33ClN4O. The Morgan fingerprint density at radius 2 is 2.04 bits per heavy atom. The Morgan fingerprint density at radius 3 is 2.73 bits per heavy atom. The zero-order chi connectivity index (χ0) is 18.6. The third kappa shape index (κ3) is 7.52. The van der Waals surface area contributed by atoms with Crippen LogP contribution in [0, 0.1) is 5.92 Å². The molecule has 2 N–H and O–H groups in total. The van der Waals surface area contributed by atoms with Gasteiger partial charge in [0.1, 0.15) is 0 Å². The fourth-order valence-corrected chi connectivity index (χ4v) is 3.42. The van der Waals surface area contributed by atoms with Crippen LogP contribution in [0.5, 0.6) is 0 Å². The second-order valence-corrected chi connectivity index (χ2v) is 7.17. The van der Waals surface area contributed by atoms with E-state index in [0.29, 0.717) is 5.92 Å². The zero-order valence-electron chi connectivity index (χ0n) is 16.1. The summed E-state index contributed by atoms with van der Waals surface area (Å²) in [4.78, 5) is 7.28. The molecule has 0 saturated carbocycles. The lowest BCUT2D eigenvalue weighted by atomic mass is 9.97. The summed E-state index contributed by atoms with van der Waals surface area (Å²) in [7, 11) is 1.77. The smallest absolute Gasteiger partial charge is 0.191 e. The first-order valence-corrected chi connectivity index (χ1v) is 10.1. The minimum absolute atomic E-state index is 0.674. The molecule has 0 aromatic heterocycles. The maximum Gasteiger partial charge on any atom is 0.191 e. The number of likely N-dealkylation sites (tertiary alicyclic amines) is 1. The van der Waals surface area contributed by atoms with Crippen LogP contribution in [0.15, 0.2) is 29.3 Å². The second kappa shape index (κ2) is 12.2. The van der Waals surface area contributed by atoms with E-state index in [-0.39, 0.29) is 0 Å². The number of benzene rings is 1. The highest BCUT2D eigenvalue weighted by Gasteiger charge is 2.18. The van der Waals surface area contributed by atoms with E-state index in [0.717, 1.165) is 63.3 Å². The van der Waals surface area contributed by atoms with Crippen molar-refractivity contribution in [1.82, 2.24) is 15.5 Å². The standard InChI is InChI=1S/C20H33ClN4O/c1-3-22-20(23-11-8-18-6-4-5-7-19(18)21)24-16-17-9-12-25(13-10-17)14-15-26-2/h4-7,17H,3,8-16H2,1-2H3,(H2,22,23,24). The third-order valence-electron chi connectivity index (χ3n) is 4.82. The van der Waals surface area contributed by atoms with Crippen LogP contribution >= 0.6 is 11.6 Å². The van der Waals surface area contributed by atoms with Crippen LogP contribution in [0.4, 0.5) is 0 Å². The Balaban J connectivity index is 1.73. The minimum Gasteiger partial charge on any atom is -0.383 e. The number of hydrogen-bond donors (Lipinski definition) is 2. The van der Waals surface area contributed by atoms with Crippen LogP contribution in [0.25, 0.3) is 0 Å². The zero-order valence-corrected chi connectivity index (χ0v) is 16.9. The average molecular weight is 381 g/mol. The summed E-state index contributed by atoms with van der Waals surface area (Å²) in [5.41, 5.74) is 1.17. The predicted octanol–water partition coefficient (Wildman–Crippen LogP) is 2.80. The summed E-state index contributed by atoms with van der Waals surface area (Å²) in [5, 5.41) is 7.59. The highest BCUT2D eigenvalue weighted by Crippen LogP contribution is 2.17. The third-order valence-corrected chi connectivity index (χ3v) is 5.18. The first-order chi connectivity index (χ1) is 12.7. The minimum atomic E-state index is 0.674. The molecule has 146 valence electrons. The summed E-state index contributed by atoms with van der Waals surface area (Å²) in [6.07, 6.45) is 3.32. The molecule has 26 heavy (non-hydrogen) atoms. The number of ether oxygens (including phenoxy) is 1. The molecule has 0 aliphatic carbocycles. The van der Waals surface area contributed by atoms with Crippen molar-refractivity contribution in [2.45, 2.75) is 26.2 Å². The van der Waals surface area contributed by atoms with Gasteiger partial charge in [0.05, 0.1) is 6.61 Å². The maximum absolute atomic E-state index is 6.22. The molecule has 0 atom stereocenters. The number of methoxy groups -OCH3 is 1. The average Bonchev–Trinajstić information content (AvgIpc) is 2.67. The number of aliphatic imine (C=N–C) groups is 1. The number of piperidine rings is 1. The topological polar surface area (TPSA) is 48.9 Å². The molecule has 1 saturated heterocycles. The molecule has 1 heterocycles. The van der Waals surface area contributed by atoms with Gasteiger partial charge in [0.15, 0.2) is 5.96 Å². The first-order valence-electron chi connectivity index (χ1n) is 9.69. The largest absolute Gasteiger partial charge is 0.383 e. The van der Waals surface area contributed by atoms with Gasteiger partial charge in [0.2, 0.25) is 0 Å². The molecule has 6 heteroatoms. The summed E-state index contributed by atoms with van der Waals surface area (Å²) >= 11 is 6.22. The quantitative estimate of drug-likeness (QED) is 0.511. The molecule has 0 spiro atoms. The van der Waals surface area contributed by atoms with Crippen molar-refractivity contribution in [3.63, 3.8) is 0 Å². The van der Waals surface area contributed by atoms with Crippen LogP contribution in [-0.4, -0.2) is 63.8 Å². The molecule has 0 amide bonds. The second-order valence-electron chi connectivity index (χ2n) is 6.77. The number of nitrogens with zero attached hydrogens (tertiary/aromatic N) is 2. The van der Waals surface area contributed by atoms with E-state index < -0.39 is 0 Å². The predicted molar refractivity (Wildman–Crippen MR) is 110 cm³/mol. The van der Waals surface area contributed by atoms with Crippen molar-refractivity contribution < 1.29 is 4.74 Å². The molecule has 2 rings (SSSR count).